The third kappa shape index (κ3) is 2.51. The van der Waals surface area contributed by atoms with Gasteiger partial charge in [-0.1, -0.05) is 6.07 Å². The SMILES string of the molecule is COc1cc(C)cc(C)c1C(C)(O)c1cncc(F)c1. The van der Waals surface area contributed by atoms with Crippen molar-refractivity contribution in [3.8, 4) is 5.75 Å². The molecule has 1 N–H and O–H groups in total. The number of rotatable bonds is 3. The number of methoxy groups -OCH3 is 1. The van der Waals surface area contributed by atoms with Gasteiger partial charge in [-0.25, -0.2) is 4.39 Å². The number of halogens is 1. The minimum atomic E-state index is -1.38. The number of ether oxygens (including phenoxy) is 1. The minimum absolute atomic E-state index is 0.391. The molecule has 106 valence electrons. The minimum Gasteiger partial charge on any atom is -0.496 e. The molecule has 0 saturated heterocycles. The van der Waals surface area contributed by atoms with E-state index >= 15 is 0 Å². The van der Waals surface area contributed by atoms with E-state index in [0.717, 1.165) is 17.3 Å². The van der Waals surface area contributed by atoms with Crippen molar-refractivity contribution in [2.45, 2.75) is 26.4 Å². The molecule has 1 unspecified atom stereocenters. The van der Waals surface area contributed by atoms with Gasteiger partial charge < -0.3 is 9.84 Å². The van der Waals surface area contributed by atoms with Gasteiger partial charge in [0.15, 0.2) is 0 Å². The van der Waals surface area contributed by atoms with Gasteiger partial charge in [-0.15, -0.1) is 0 Å². The second kappa shape index (κ2) is 5.21. The van der Waals surface area contributed by atoms with Crippen LogP contribution >= 0.6 is 0 Å². The summed E-state index contributed by atoms with van der Waals surface area (Å²) in [6, 6.07) is 5.09. The molecule has 0 spiro atoms. The zero-order valence-electron chi connectivity index (χ0n) is 12.1. The maximum absolute atomic E-state index is 13.4. The van der Waals surface area contributed by atoms with Gasteiger partial charge in [0.2, 0.25) is 0 Å². The lowest BCUT2D eigenvalue weighted by Crippen LogP contribution is -2.25. The molecule has 0 saturated carbocycles. The Morgan fingerprint density at radius 2 is 1.90 bits per heavy atom. The van der Waals surface area contributed by atoms with E-state index in [1.165, 1.54) is 12.3 Å². The third-order valence-electron chi connectivity index (χ3n) is 3.42. The molecule has 0 aliphatic heterocycles. The largest absolute Gasteiger partial charge is 0.496 e. The molecule has 0 fully saturated rings. The lowest BCUT2D eigenvalue weighted by molar-refractivity contribution is 0.0974. The van der Waals surface area contributed by atoms with Crippen LogP contribution in [0.3, 0.4) is 0 Å². The summed E-state index contributed by atoms with van der Waals surface area (Å²) in [5.41, 5.74) is 1.56. The molecule has 0 radical (unpaired) electrons. The van der Waals surface area contributed by atoms with Crippen molar-refractivity contribution >= 4 is 0 Å². The lowest BCUT2D eigenvalue weighted by atomic mass is 9.85. The second-order valence-corrected chi connectivity index (χ2v) is 5.12. The maximum Gasteiger partial charge on any atom is 0.141 e. The van der Waals surface area contributed by atoms with Gasteiger partial charge in [-0.2, -0.15) is 0 Å². The molecule has 2 aromatic rings. The Bertz CT molecular complexity index is 638. The highest BCUT2D eigenvalue weighted by atomic mass is 19.1. The molecular formula is C16H18FNO2. The fourth-order valence-electron chi connectivity index (χ4n) is 2.54. The van der Waals surface area contributed by atoms with E-state index in [2.05, 4.69) is 4.98 Å². The van der Waals surface area contributed by atoms with Gasteiger partial charge in [0, 0.05) is 17.3 Å². The van der Waals surface area contributed by atoms with Gasteiger partial charge in [0.05, 0.1) is 13.3 Å². The number of aromatic nitrogens is 1. The van der Waals surface area contributed by atoms with Crippen LogP contribution in [-0.4, -0.2) is 17.2 Å². The topological polar surface area (TPSA) is 42.4 Å². The summed E-state index contributed by atoms with van der Waals surface area (Å²) in [7, 11) is 1.55. The van der Waals surface area contributed by atoms with Gasteiger partial charge in [-0.3, -0.25) is 4.98 Å². The smallest absolute Gasteiger partial charge is 0.141 e. The van der Waals surface area contributed by atoms with E-state index in [1.54, 1.807) is 14.0 Å². The van der Waals surface area contributed by atoms with Gasteiger partial charge in [-0.05, 0) is 44.0 Å². The summed E-state index contributed by atoms with van der Waals surface area (Å²) in [6.45, 7) is 5.47. The summed E-state index contributed by atoms with van der Waals surface area (Å²) in [4.78, 5) is 3.80. The molecular weight excluding hydrogens is 257 g/mol. The zero-order chi connectivity index (χ0) is 14.9. The van der Waals surface area contributed by atoms with Crippen molar-refractivity contribution < 1.29 is 14.2 Å². The zero-order valence-corrected chi connectivity index (χ0v) is 12.1. The summed E-state index contributed by atoms with van der Waals surface area (Å²) < 4.78 is 18.7. The first-order valence-electron chi connectivity index (χ1n) is 6.35. The predicted molar refractivity (Wildman–Crippen MR) is 75.3 cm³/mol. The van der Waals surface area contributed by atoms with Crippen LogP contribution in [0.4, 0.5) is 4.39 Å². The summed E-state index contributed by atoms with van der Waals surface area (Å²) in [5, 5.41) is 10.9. The number of nitrogens with zero attached hydrogens (tertiary/aromatic N) is 1. The average Bonchev–Trinajstić information content (AvgIpc) is 2.37. The van der Waals surface area contributed by atoms with E-state index < -0.39 is 11.4 Å². The van der Waals surface area contributed by atoms with Crippen molar-refractivity contribution in [1.29, 1.82) is 0 Å². The Morgan fingerprint density at radius 3 is 2.50 bits per heavy atom. The molecule has 20 heavy (non-hydrogen) atoms. The van der Waals surface area contributed by atoms with Crippen LogP contribution in [0.2, 0.25) is 0 Å². The Balaban J connectivity index is 2.65. The highest BCUT2D eigenvalue weighted by Crippen LogP contribution is 2.38. The quantitative estimate of drug-likeness (QED) is 0.936. The van der Waals surface area contributed by atoms with Gasteiger partial charge in [0.1, 0.15) is 17.2 Å². The number of pyridine rings is 1. The van der Waals surface area contributed by atoms with Crippen molar-refractivity contribution in [3.05, 3.63) is 58.7 Å². The van der Waals surface area contributed by atoms with Crippen molar-refractivity contribution in [2.24, 2.45) is 0 Å². The van der Waals surface area contributed by atoms with Crippen LogP contribution < -0.4 is 4.74 Å². The Hall–Kier alpha value is -1.94. The van der Waals surface area contributed by atoms with Crippen LogP contribution in [0.1, 0.15) is 29.2 Å². The second-order valence-electron chi connectivity index (χ2n) is 5.12. The predicted octanol–water partition coefficient (Wildman–Crippen LogP) is 3.10. The first kappa shape index (κ1) is 14.5. The number of hydrogen-bond acceptors (Lipinski definition) is 3. The summed E-state index contributed by atoms with van der Waals surface area (Å²) in [6.07, 6.45) is 2.57. The molecule has 0 aliphatic carbocycles. The Labute approximate surface area is 118 Å². The van der Waals surface area contributed by atoms with Crippen LogP contribution in [-0.2, 0) is 5.60 Å². The number of benzene rings is 1. The molecule has 1 aromatic heterocycles. The van der Waals surface area contributed by atoms with Crippen molar-refractivity contribution in [1.82, 2.24) is 4.98 Å². The lowest BCUT2D eigenvalue weighted by Gasteiger charge is -2.28. The van der Waals surface area contributed by atoms with Crippen molar-refractivity contribution in [3.63, 3.8) is 0 Å². The molecule has 3 nitrogen and oxygen atoms in total. The molecule has 1 heterocycles. The van der Waals surface area contributed by atoms with Gasteiger partial charge in [0.25, 0.3) is 0 Å². The number of hydrogen-bond donors (Lipinski definition) is 1. The van der Waals surface area contributed by atoms with Crippen molar-refractivity contribution in [2.75, 3.05) is 7.11 Å². The van der Waals surface area contributed by atoms with Crippen LogP contribution in [0.15, 0.2) is 30.6 Å². The number of aliphatic hydroxyl groups is 1. The fourth-order valence-corrected chi connectivity index (χ4v) is 2.54. The summed E-state index contributed by atoms with van der Waals surface area (Å²) >= 11 is 0. The summed E-state index contributed by atoms with van der Waals surface area (Å²) in [5.74, 6) is 0.100. The molecule has 0 aliphatic rings. The average molecular weight is 275 g/mol. The molecule has 1 atom stereocenters. The van der Waals surface area contributed by atoms with E-state index in [1.807, 2.05) is 26.0 Å². The first-order valence-corrected chi connectivity index (χ1v) is 6.35. The van der Waals surface area contributed by atoms with Crippen LogP contribution in [0.5, 0.6) is 5.75 Å². The third-order valence-corrected chi connectivity index (χ3v) is 3.42. The highest BCUT2D eigenvalue weighted by molar-refractivity contribution is 5.50. The molecule has 2 rings (SSSR count). The van der Waals surface area contributed by atoms with Crippen LogP contribution in [0, 0.1) is 19.7 Å². The normalized spacial score (nSPS) is 13.9. The standard InChI is InChI=1S/C16H18FNO2/c1-10-5-11(2)15(14(6-10)20-4)16(3,19)12-7-13(17)9-18-8-12/h5-9,19H,1-4H3. The van der Waals surface area contributed by atoms with Gasteiger partial charge >= 0.3 is 0 Å². The molecule has 1 aromatic carbocycles. The Morgan fingerprint density at radius 1 is 1.20 bits per heavy atom. The highest BCUT2D eigenvalue weighted by Gasteiger charge is 2.31. The first-order chi connectivity index (χ1) is 9.36. The monoisotopic (exact) mass is 275 g/mol. The Kier molecular flexibility index (Phi) is 3.77. The van der Waals surface area contributed by atoms with E-state index in [9.17, 15) is 9.50 Å². The fraction of sp³-hybridized carbons (Fsp3) is 0.312. The maximum atomic E-state index is 13.4. The van der Waals surface area contributed by atoms with E-state index in [-0.39, 0.29) is 0 Å². The number of aryl methyl sites for hydroxylation is 2. The molecule has 0 bridgehead atoms. The molecule has 4 heteroatoms. The van der Waals surface area contributed by atoms with Crippen LogP contribution in [0.25, 0.3) is 0 Å². The van der Waals surface area contributed by atoms with E-state index in [0.29, 0.717) is 16.9 Å². The van der Waals surface area contributed by atoms with E-state index in [4.69, 9.17) is 4.74 Å². The molecule has 0 amide bonds.